The van der Waals surface area contributed by atoms with E-state index in [2.05, 4.69) is 264 Å². The summed E-state index contributed by atoms with van der Waals surface area (Å²) in [5.74, 6) is 0. The molecule has 0 unspecified atom stereocenters. The molecule has 0 aliphatic carbocycles. The third-order valence-electron chi connectivity index (χ3n) is 12.5. The van der Waals surface area contributed by atoms with Crippen molar-refractivity contribution in [2.45, 2.75) is 12.8 Å². The highest BCUT2D eigenvalue weighted by Crippen LogP contribution is 2.41. The third-order valence-corrected chi connectivity index (χ3v) is 12.5. The summed E-state index contributed by atoms with van der Waals surface area (Å²) in [5.41, 5.74) is 19.4. The van der Waals surface area contributed by atoms with Crippen molar-refractivity contribution in [3.05, 3.63) is 277 Å². The Morgan fingerprint density at radius 3 is 1.44 bits per heavy atom. The smallest absolute Gasteiger partial charge is 0.0541 e. The van der Waals surface area contributed by atoms with Crippen LogP contribution < -0.4 is 4.90 Å². The molecule has 2 nitrogen and oxygen atoms in total. The molecule has 0 saturated carbocycles. The van der Waals surface area contributed by atoms with E-state index in [1.54, 1.807) is 0 Å². The quantitative estimate of drug-likeness (QED) is 0.126. The number of nitrogens with zero attached hydrogens (tertiary/aromatic N) is 2. The SMILES string of the molecule is c1ccc(Cc2ccccc2-c2ccc(N(c3ccc(-c4ccccc4)cc3)c3ccc(-c4ccc5c(c4)c4ccccc4n5-c4ccccc4)cc3)cc2Cc2ccccc2)cc1. The summed E-state index contributed by atoms with van der Waals surface area (Å²) in [5, 5.41) is 2.50. The van der Waals surface area contributed by atoms with Gasteiger partial charge in [-0.05, 0) is 135 Å². The Kier molecular flexibility index (Phi) is 10.5. The van der Waals surface area contributed by atoms with E-state index in [1.165, 1.54) is 83.1 Å². The largest absolute Gasteiger partial charge is 0.310 e. The number of hydrogen-bond acceptors (Lipinski definition) is 1. The van der Waals surface area contributed by atoms with Crippen LogP contribution in [0.5, 0.6) is 0 Å². The van der Waals surface area contributed by atoms with Crippen LogP contribution in [0.3, 0.4) is 0 Å². The van der Waals surface area contributed by atoms with Crippen LogP contribution in [0.1, 0.15) is 22.3 Å². The van der Waals surface area contributed by atoms with Crippen LogP contribution >= 0.6 is 0 Å². The van der Waals surface area contributed by atoms with Crippen molar-refractivity contribution in [1.82, 2.24) is 4.57 Å². The molecule has 1 aromatic heterocycles. The molecule has 0 amide bonds. The van der Waals surface area contributed by atoms with Gasteiger partial charge in [-0.25, -0.2) is 0 Å². The summed E-state index contributed by atoms with van der Waals surface area (Å²) in [4.78, 5) is 2.41. The van der Waals surface area contributed by atoms with Gasteiger partial charge in [0, 0.05) is 33.5 Å². The fraction of sp³-hybridized carbons (Fsp3) is 0.0323. The molecule has 11 aromatic rings. The van der Waals surface area contributed by atoms with E-state index in [-0.39, 0.29) is 0 Å². The van der Waals surface area contributed by atoms with E-state index in [0.29, 0.717) is 0 Å². The van der Waals surface area contributed by atoms with Gasteiger partial charge in [0.15, 0.2) is 0 Å². The molecule has 0 atom stereocenters. The van der Waals surface area contributed by atoms with Crippen LogP contribution in [0.15, 0.2) is 255 Å². The predicted molar refractivity (Wildman–Crippen MR) is 270 cm³/mol. The summed E-state index contributed by atoms with van der Waals surface area (Å²) >= 11 is 0. The topological polar surface area (TPSA) is 8.17 Å². The summed E-state index contributed by atoms with van der Waals surface area (Å²) in [6.07, 6.45) is 1.68. The van der Waals surface area contributed by atoms with Crippen molar-refractivity contribution in [2.75, 3.05) is 4.90 Å². The molecule has 64 heavy (non-hydrogen) atoms. The molecule has 0 radical (unpaired) electrons. The van der Waals surface area contributed by atoms with E-state index < -0.39 is 0 Å². The first-order valence-electron chi connectivity index (χ1n) is 22.2. The molecule has 1 heterocycles. The lowest BCUT2D eigenvalue weighted by Crippen LogP contribution is -2.11. The maximum atomic E-state index is 2.41. The lowest BCUT2D eigenvalue weighted by atomic mass is 9.89. The Morgan fingerprint density at radius 1 is 0.297 bits per heavy atom. The number of hydrogen-bond donors (Lipinski definition) is 0. The van der Waals surface area contributed by atoms with Gasteiger partial charge in [-0.15, -0.1) is 0 Å². The Balaban J connectivity index is 1.02. The van der Waals surface area contributed by atoms with Gasteiger partial charge in [-0.3, -0.25) is 0 Å². The number of anilines is 3. The zero-order valence-corrected chi connectivity index (χ0v) is 35.6. The van der Waals surface area contributed by atoms with Crippen LogP contribution in [0.4, 0.5) is 17.1 Å². The Bertz CT molecular complexity index is 3330. The minimum atomic E-state index is 0.812. The number of aromatic nitrogens is 1. The number of fused-ring (bicyclic) bond motifs is 3. The van der Waals surface area contributed by atoms with E-state index in [4.69, 9.17) is 0 Å². The predicted octanol–water partition coefficient (Wildman–Crippen LogP) is 16.4. The summed E-state index contributed by atoms with van der Waals surface area (Å²) < 4.78 is 2.37. The Morgan fingerprint density at radius 2 is 0.766 bits per heavy atom. The molecule has 0 fully saturated rings. The minimum absolute atomic E-state index is 0.812. The molecule has 0 N–H and O–H groups in total. The number of rotatable bonds is 11. The molecule has 0 saturated heterocycles. The normalized spacial score (nSPS) is 11.2. The first-order chi connectivity index (χ1) is 31.7. The lowest BCUT2D eigenvalue weighted by molar-refractivity contribution is 1.16. The molecular formula is C62H46N2. The van der Waals surface area contributed by atoms with Gasteiger partial charge in [0.2, 0.25) is 0 Å². The third kappa shape index (κ3) is 7.67. The van der Waals surface area contributed by atoms with Crippen LogP contribution in [0.25, 0.3) is 60.9 Å². The van der Waals surface area contributed by atoms with Crippen LogP contribution in [-0.2, 0) is 12.8 Å². The monoisotopic (exact) mass is 818 g/mol. The molecule has 0 bridgehead atoms. The van der Waals surface area contributed by atoms with E-state index >= 15 is 0 Å². The average molecular weight is 819 g/mol. The Hall–Kier alpha value is -8.20. The first kappa shape index (κ1) is 38.7. The van der Waals surface area contributed by atoms with E-state index in [0.717, 1.165) is 29.9 Å². The van der Waals surface area contributed by atoms with E-state index in [9.17, 15) is 0 Å². The second-order valence-corrected chi connectivity index (χ2v) is 16.5. The van der Waals surface area contributed by atoms with Gasteiger partial charge in [0.25, 0.3) is 0 Å². The van der Waals surface area contributed by atoms with Gasteiger partial charge in [0.05, 0.1) is 11.0 Å². The maximum Gasteiger partial charge on any atom is 0.0541 e. The fourth-order valence-electron chi connectivity index (χ4n) is 9.39. The molecule has 304 valence electrons. The average Bonchev–Trinajstić information content (AvgIpc) is 3.70. The van der Waals surface area contributed by atoms with Crippen LogP contribution in [-0.4, -0.2) is 4.57 Å². The van der Waals surface area contributed by atoms with E-state index in [1.807, 2.05) is 0 Å². The molecule has 0 aliphatic rings. The molecule has 10 aromatic carbocycles. The summed E-state index contributed by atoms with van der Waals surface area (Å²) in [6, 6.07) is 92.6. The van der Waals surface area contributed by atoms with Crippen molar-refractivity contribution in [1.29, 1.82) is 0 Å². The number of para-hydroxylation sites is 2. The highest BCUT2D eigenvalue weighted by molar-refractivity contribution is 6.10. The standard InChI is InChI=1S/C62H46N2/c1-5-17-45(18-6-1)41-51-23-13-14-26-57(51)58-39-38-56(43-52(58)42-46-19-7-2-8-20-46)63(54-34-29-48(30-35-54)47-21-9-3-10-22-47)55-36-31-49(32-37-55)50-33-40-62-60(44-50)59-27-15-16-28-61(59)64(62)53-24-11-4-12-25-53/h1-40,43-44H,41-42H2. The zero-order chi connectivity index (χ0) is 42.7. The van der Waals surface area contributed by atoms with Crippen molar-refractivity contribution in [3.63, 3.8) is 0 Å². The van der Waals surface area contributed by atoms with Crippen LogP contribution in [0, 0.1) is 0 Å². The minimum Gasteiger partial charge on any atom is -0.310 e. The molecule has 11 rings (SSSR count). The second-order valence-electron chi connectivity index (χ2n) is 16.5. The number of benzene rings is 10. The summed E-state index contributed by atoms with van der Waals surface area (Å²) in [7, 11) is 0. The zero-order valence-electron chi connectivity index (χ0n) is 35.6. The van der Waals surface area contributed by atoms with Gasteiger partial charge in [-0.2, -0.15) is 0 Å². The maximum absolute atomic E-state index is 2.41. The van der Waals surface area contributed by atoms with Crippen molar-refractivity contribution in [2.24, 2.45) is 0 Å². The molecule has 0 spiro atoms. The van der Waals surface area contributed by atoms with Gasteiger partial charge in [-0.1, -0.05) is 188 Å². The molecular weight excluding hydrogens is 773 g/mol. The highest BCUT2D eigenvalue weighted by atomic mass is 15.1. The molecule has 2 heteroatoms. The molecule has 0 aliphatic heterocycles. The van der Waals surface area contributed by atoms with Crippen molar-refractivity contribution >= 4 is 38.9 Å². The van der Waals surface area contributed by atoms with Crippen LogP contribution in [0.2, 0.25) is 0 Å². The first-order valence-corrected chi connectivity index (χ1v) is 22.2. The highest BCUT2D eigenvalue weighted by Gasteiger charge is 2.19. The lowest BCUT2D eigenvalue weighted by Gasteiger charge is -2.27. The second kappa shape index (κ2) is 17.3. The van der Waals surface area contributed by atoms with Crippen molar-refractivity contribution in [3.8, 4) is 39.1 Å². The van der Waals surface area contributed by atoms with Gasteiger partial charge in [0.1, 0.15) is 0 Å². The van der Waals surface area contributed by atoms with Gasteiger partial charge >= 0.3 is 0 Å². The summed E-state index contributed by atoms with van der Waals surface area (Å²) in [6.45, 7) is 0. The van der Waals surface area contributed by atoms with Crippen molar-refractivity contribution < 1.29 is 0 Å². The van der Waals surface area contributed by atoms with Gasteiger partial charge < -0.3 is 9.47 Å². The Labute approximate surface area is 375 Å². The fourth-order valence-corrected chi connectivity index (χ4v) is 9.39.